The van der Waals surface area contributed by atoms with E-state index in [1.807, 2.05) is 41.3 Å². The van der Waals surface area contributed by atoms with Crippen LogP contribution in [0.1, 0.15) is 52.5 Å². The number of amides is 1. The molecule has 2 aromatic rings. The zero-order valence-corrected chi connectivity index (χ0v) is 22.3. The molecule has 1 fully saturated rings. The second-order valence-electron chi connectivity index (χ2n) is 10.1. The molecule has 2 aromatic carbocycles. The number of nitrogens with zero attached hydrogens (tertiary/aromatic N) is 2. The first-order valence-corrected chi connectivity index (χ1v) is 13.0. The number of carbonyl (C=O) groups excluding carboxylic acids is 1. The molecule has 0 saturated carbocycles. The number of anilines is 1. The Morgan fingerprint density at radius 3 is 2.31 bits per heavy atom. The molecule has 1 atom stereocenters. The zero-order chi connectivity index (χ0) is 25.4. The molecule has 1 aliphatic heterocycles. The first-order chi connectivity index (χ1) is 16.7. The Kier molecular flexibility index (Phi) is 10.1. The van der Waals surface area contributed by atoms with Gasteiger partial charge in [0.25, 0.3) is 0 Å². The first-order valence-electron chi connectivity index (χ1n) is 12.6. The molecule has 0 spiro atoms. The van der Waals surface area contributed by atoms with Crippen molar-refractivity contribution in [2.45, 2.75) is 65.6 Å². The van der Waals surface area contributed by atoms with E-state index >= 15 is 0 Å². The average Bonchev–Trinajstić information content (AvgIpc) is 2.84. The van der Waals surface area contributed by atoms with E-state index in [-0.39, 0.29) is 5.91 Å². The molecule has 5 nitrogen and oxygen atoms in total. The lowest BCUT2D eigenvalue weighted by Gasteiger charge is -2.40. The van der Waals surface area contributed by atoms with Crippen molar-refractivity contribution < 1.29 is 9.53 Å². The van der Waals surface area contributed by atoms with Gasteiger partial charge in [-0.3, -0.25) is 4.79 Å². The number of rotatable bonds is 10. The van der Waals surface area contributed by atoms with Gasteiger partial charge < -0.3 is 20.3 Å². The van der Waals surface area contributed by atoms with E-state index in [4.69, 9.17) is 22.1 Å². The highest BCUT2D eigenvalue weighted by atomic mass is 35.5. The largest absolute Gasteiger partial charge is 0.489 e. The molecule has 0 radical (unpaired) electrons. The van der Waals surface area contributed by atoms with Gasteiger partial charge >= 0.3 is 0 Å². The van der Waals surface area contributed by atoms with E-state index in [0.29, 0.717) is 18.6 Å². The van der Waals surface area contributed by atoms with Crippen LogP contribution in [0, 0.1) is 5.92 Å². The van der Waals surface area contributed by atoms with Gasteiger partial charge in [0.1, 0.15) is 12.4 Å². The van der Waals surface area contributed by atoms with Crippen LogP contribution in [0.2, 0.25) is 5.02 Å². The third kappa shape index (κ3) is 8.29. The Morgan fingerprint density at radius 2 is 1.74 bits per heavy atom. The van der Waals surface area contributed by atoms with Gasteiger partial charge in [0.2, 0.25) is 5.91 Å². The average molecular weight is 498 g/mol. The Morgan fingerprint density at radius 1 is 1.11 bits per heavy atom. The molecule has 3 rings (SSSR count). The van der Waals surface area contributed by atoms with Crippen LogP contribution in [0.25, 0.3) is 0 Å². The van der Waals surface area contributed by atoms with Crippen LogP contribution in [0.4, 0.5) is 5.69 Å². The summed E-state index contributed by atoms with van der Waals surface area (Å²) in [6.07, 6.45) is 4.87. The first kappa shape index (κ1) is 27.1. The van der Waals surface area contributed by atoms with Crippen molar-refractivity contribution in [1.29, 1.82) is 0 Å². The van der Waals surface area contributed by atoms with Crippen LogP contribution >= 0.6 is 11.6 Å². The minimum atomic E-state index is -0.395. The van der Waals surface area contributed by atoms with Crippen molar-refractivity contribution in [3.05, 3.63) is 70.8 Å². The van der Waals surface area contributed by atoms with Crippen molar-refractivity contribution in [3.63, 3.8) is 0 Å². The fourth-order valence-electron chi connectivity index (χ4n) is 4.47. The maximum atomic E-state index is 12.8. The highest BCUT2D eigenvalue weighted by molar-refractivity contribution is 6.30. The van der Waals surface area contributed by atoms with Crippen LogP contribution in [0.3, 0.4) is 0 Å². The van der Waals surface area contributed by atoms with Crippen LogP contribution in [0.5, 0.6) is 5.75 Å². The number of likely N-dealkylation sites (tertiary alicyclic amines) is 1. The topological polar surface area (TPSA) is 58.8 Å². The van der Waals surface area contributed by atoms with Crippen molar-refractivity contribution in [2.75, 3.05) is 24.5 Å². The smallest absolute Gasteiger partial charge is 0.239 e. The molecule has 35 heavy (non-hydrogen) atoms. The fraction of sp³-hybridized carbons (Fsp3) is 0.483. The summed E-state index contributed by atoms with van der Waals surface area (Å²) in [4.78, 5) is 17.2. The zero-order valence-electron chi connectivity index (χ0n) is 21.5. The maximum absolute atomic E-state index is 12.8. The van der Waals surface area contributed by atoms with Crippen LogP contribution in [-0.4, -0.2) is 42.5 Å². The molecular weight excluding hydrogens is 458 g/mol. The van der Waals surface area contributed by atoms with E-state index in [1.165, 1.54) is 11.3 Å². The molecule has 0 unspecified atom stereocenters. The number of hydrogen-bond acceptors (Lipinski definition) is 4. The Hall–Kier alpha value is -2.50. The van der Waals surface area contributed by atoms with E-state index in [2.05, 4.69) is 50.8 Å². The number of piperidine rings is 1. The quantitative estimate of drug-likeness (QED) is 0.405. The second-order valence-corrected chi connectivity index (χ2v) is 10.6. The van der Waals surface area contributed by atoms with Crippen LogP contribution in [0.15, 0.2) is 60.2 Å². The van der Waals surface area contributed by atoms with Gasteiger partial charge in [-0.25, -0.2) is 0 Å². The van der Waals surface area contributed by atoms with Gasteiger partial charge in [0.15, 0.2) is 0 Å². The molecule has 0 aromatic heterocycles. The van der Waals surface area contributed by atoms with Crippen LogP contribution < -0.4 is 15.4 Å². The number of nitrogens with two attached hydrogens (primary N) is 1. The second kappa shape index (κ2) is 13.0. The Labute approximate surface area is 215 Å². The lowest BCUT2D eigenvalue weighted by molar-refractivity contribution is -0.134. The van der Waals surface area contributed by atoms with Gasteiger partial charge in [0, 0.05) is 36.4 Å². The summed E-state index contributed by atoms with van der Waals surface area (Å²) < 4.78 is 5.97. The highest BCUT2D eigenvalue weighted by Crippen LogP contribution is 2.27. The Bertz CT molecular complexity index is 960. The fourth-order valence-corrected chi connectivity index (χ4v) is 4.59. The van der Waals surface area contributed by atoms with E-state index < -0.39 is 6.04 Å². The summed E-state index contributed by atoms with van der Waals surface area (Å²) in [6.45, 7) is 11.3. The number of benzene rings is 2. The summed E-state index contributed by atoms with van der Waals surface area (Å²) in [7, 11) is 0. The lowest BCUT2D eigenvalue weighted by atomic mass is 9.99. The van der Waals surface area contributed by atoms with E-state index in [0.717, 1.165) is 55.2 Å². The molecule has 6 heteroatoms. The molecule has 0 bridgehead atoms. The maximum Gasteiger partial charge on any atom is 0.239 e. The molecule has 0 aliphatic carbocycles. The third-order valence-electron chi connectivity index (χ3n) is 6.44. The van der Waals surface area contributed by atoms with Crippen molar-refractivity contribution in [1.82, 2.24) is 4.90 Å². The Balaban J connectivity index is 1.63. The summed E-state index contributed by atoms with van der Waals surface area (Å²) in [5, 5.41) is 0.725. The predicted molar refractivity (Wildman–Crippen MR) is 146 cm³/mol. The van der Waals surface area contributed by atoms with Gasteiger partial charge in [0.05, 0.1) is 6.04 Å². The van der Waals surface area contributed by atoms with E-state index in [9.17, 15) is 4.79 Å². The molecule has 2 N–H and O–H groups in total. The summed E-state index contributed by atoms with van der Waals surface area (Å²) >= 11 is 5.97. The summed E-state index contributed by atoms with van der Waals surface area (Å²) in [5.74, 6) is 1.35. The van der Waals surface area contributed by atoms with Crippen molar-refractivity contribution in [3.8, 4) is 5.75 Å². The minimum Gasteiger partial charge on any atom is -0.489 e. The summed E-state index contributed by atoms with van der Waals surface area (Å²) in [6, 6.07) is 16.0. The standard InChI is InChI=1S/C29H40ClN3O2/c1-21(2)13-18-33(26-14-16-32(17-15-26)29(34)28(31)19-22(3)4)25-9-11-27(12-10-25)35-20-23-5-7-24(30)8-6-23/h5-13,22,26,28H,14-20,31H2,1-4H3/t28-/m0/s1. The number of hydrogen-bond donors (Lipinski definition) is 1. The van der Waals surface area contributed by atoms with Crippen molar-refractivity contribution in [2.24, 2.45) is 11.7 Å². The monoisotopic (exact) mass is 497 g/mol. The minimum absolute atomic E-state index is 0.0928. The molecule has 190 valence electrons. The SMILES string of the molecule is CC(C)=CCN(c1ccc(OCc2ccc(Cl)cc2)cc1)C1CCN(C(=O)[C@@H](N)CC(C)C)CC1. The summed E-state index contributed by atoms with van der Waals surface area (Å²) in [5.41, 5.74) is 9.72. The number of halogens is 1. The van der Waals surface area contributed by atoms with Gasteiger partial charge in [-0.2, -0.15) is 0 Å². The number of allylic oxidation sites excluding steroid dienone is 1. The number of ether oxygens (including phenoxy) is 1. The lowest BCUT2D eigenvalue weighted by Crippen LogP contribution is -2.51. The normalized spacial score (nSPS) is 15.1. The molecule has 1 saturated heterocycles. The highest BCUT2D eigenvalue weighted by Gasteiger charge is 2.29. The third-order valence-corrected chi connectivity index (χ3v) is 6.69. The molecule has 1 heterocycles. The van der Waals surface area contributed by atoms with Crippen molar-refractivity contribution >= 4 is 23.2 Å². The predicted octanol–water partition coefficient (Wildman–Crippen LogP) is 6.06. The molecule has 1 amide bonds. The molecular formula is C29H40ClN3O2. The molecule has 1 aliphatic rings. The van der Waals surface area contributed by atoms with Crippen LogP contribution in [-0.2, 0) is 11.4 Å². The van der Waals surface area contributed by atoms with Gasteiger partial charge in [-0.1, -0.05) is 49.2 Å². The van der Waals surface area contributed by atoms with Gasteiger partial charge in [-0.05, 0) is 81.0 Å². The van der Waals surface area contributed by atoms with Gasteiger partial charge in [-0.15, -0.1) is 0 Å². The van der Waals surface area contributed by atoms with E-state index in [1.54, 1.807) is 0 Å². The number of carbonyl (C=O) groups is 1.